The number of halogens is 1. The number of hydrogen-bond donors (Lipinski definition) is 0. The number of amides is 1. The van der Waals surface area contributed by atoms with Gasteiger partial charge in [0.2, 0.25) is 5.91 Å². The van der Waals surface area contributed by atoms with Gasteiger partial charge in [-0.1, -0.05) is 59.0 Å². The van der Waals surface area contributed by atoms with Crippen molar-refractivity contribution in [1.82, 2.24) is 0 Å². The van der Waals surface area contributed by atoms with Gasteiger partial charge >= 0.3 is 5.97 Å². The molecule has 0 unspecified atom stereocenters. The Kier molecular flexibility index (Phi) is 6.90. The van der Waals surface area contributed by atoms with Gasteiger partial charge in [-0.05, 0) is 42.3 Å². The summed E-state index contributed by atoms with van der Waals surface area (Å²) in [6.45, 7) is 5.25. The highest BCUT2D eigenvalue weighted by molar-refractivity contribution is 14.1. The first-order chi connectivity index (χ1) is 15.9. The van der Waals surface area contributed by atoms with Crippen LogP contribution in [0.25, 0.3) is 0 Å². The minimum atomic E-state index is -0.993. The second-order valence-electron chi connectivity index (χ2n) is 8.12. The van der Waals surface area contributed by atoms with Crippen molar-refractivity contribution in [3.05, 3.63) is 85.2 Å². The zero-order chi connectivity index (χ0) is 23.6. The lowest BCUT2D eigenvalue weighted by atomic mass is 9.82. The highest BCUT2D eigenvalue weighted by Gasteiger charge is 2.67. The van der Waals surface area contributed by atoms with E-state index in [0.717, 1.165) is 11.3 Å². The maximum Gasteiger partial charge on any atom is 0.307 e. The molecule has 2 aromatic carbocycles. The summed E-state index contributed by atoms with van der Waals surface area (Å²) < 4.78 is 16.9. The molecule has 2 aliphatic heterocycles. The summed E-state index contributed by atoms with van der Waals surface area (Å²) in [7, 11) is 1.61. The second kappa shape index (κ2) is 9.69. The van der Waals surface area contributed by atoms with Crippen molar-refractivity contribution in [2.75, 3.05) is 12.0 Å². The SMILES string of the molecule is C=C[C@H]1O[C@@]2(/C=C/OC(C)=O)[C@H](C(=O)N(c3ccc(OC)cc3)[C@@H]2Cc2ccccc2)[C@@H]1I. The third-order valence-electron chi connectivity index (χ3n) is 6.21. The molecule has 0 radical (unpaired) electrons. The first-order valence-electron chi connectivity index (χ1n) is 10.7. The Morgan fingerprint density at radius 3 is 2.52 bits per heavy atom. The van der Waals surface area contributed by atoms with Gasteiger partial charge in [-0.25, -0.2) is 0 Å². The van der Waals surface area contributed by atoms with Crippen molar-refractivity contribution >= 4 is 40.2 Å². The van der Waals surface area contributed by atoms with E-state index in [2.05, 4.69) is 29.2 Å². The molecular weight excluding hydrogens is 533 g/mol. The van der Waals surface area contributed by atoms with Crippen LogP contribution in [0.1, 0.15) is 12.5 Å². The molecule has 5 atom stereocenters. The Hall–Kier alpha value is -2.65. The minimum Gasteiger partial charge on any atom is -0.497 e. The highest BCUT2D eigenvalue weighted by atomic mass is 127. The fourth-order valence-electron chi connectivity index (χ4n) is 4.74. The molecule has 6 nitrogen and oxygen atoms in total. The van der Waals surface area contributed by atoms with Crippen LogP contribution in [0.3, 0.4) is 0 Å². The second-order valence-corrected chi connectivity index (χ2v) is 9.56. The Morgan fingerprint density at radius 2 is 1.91 bits per heavy atom. The first kappa shape index (κ1) is 23.5. The minimum absolute atomic E-state index is 0.0303. The van der Waals surface area contributed by atoms with Crippen LogP contribution >= 0.6 is 22.6 Å². The van der Waals surface area contributed by atoms with Gasteiger partial charge in [-0.2, -0.15) is 0 Å². The monoisotopic (exact) mass is 559 g/mol. The number of nitrogens with zero attached hydrogens (tertiary/aromatic N) is 1. The van der Waals surface area contributed by atoms with E-state index in [0.29, 0.717) is 12.2 Å². The summed E-state index contributed by atoms with van der Waals surface area (Å²) in [6.07, 6.45) is 5.09. The number of esters is 1. The van der Waals surface area contributed by atoms with Crippen LogP contribution in [0.2, 0.25) is 0 Å². The average molecular weight is 559 g/mol. The molecule has 2 aromatic rings. The van der Waals surface area contributed by atoms with Crippen molar-refractivity contribution in [3.8, 4) is 5.75 Å². The smallest absolute Gasteiger partial charge is 0.307 e. The van der Waals surface area contributed by atoms with Gasteiger partial charge in [0.05, 0.1) is 35.4 Å². The Labute approximate surface area is 207 Å². The van der Waals surface area contributed by atoms with Gasteiger partial charge in [0.1, 0.15) is 11.4 Å². The molecule has 172 valence electrons. The number of methoxy groups -OCH3 is 1. The summed E-state index contributed by atoms with van der Waals surface area (Å²) in [4.78, 5) is 27.2. The van der Waals surface area contributed by atoms with Crippen LogP contribution in [-0.2, 0) is 25.5 Å². The zero-order valence-corrected chi connectivity index (χ0v) is 20.7. The van der Waals surface area contributed by atoms with E-state index in [4.69, 9.17) is 14.2 Å². The third kappa shape index (κ3) is 4.31. The van der Waals surface area contributed by atoms with Gasteiger partial charge in [-0.3, -0.25) is 9.59 Å². The summed E-state index contributed by atoms with van der Waals surface area (Å²) in [5.41, 5.74) is 0.844. The average Bonchev–Trinajstić information content (AvgIpc) is 3.23. The quantitative estimate of drug-likeness (QED) is 0.165. The first-order valence-corrected chi connectivity index (χ1v) is 12.0. The fraction of sp³-hybridized carbons (Fsp3) is 0.308. The molecule has 7 heteroatoms. The van der Waals surface area contributed by atoms with E-state index in [-0.39, 0.29) is 22.0 Å². The predicted molar refractivity (Wildman–Crippen MR) is 134 cm³/mol. The van der Waals surface area contributed by atoms with E-state index in [1.807, 2.05) is 59.5 Å². The molecule has 4 rings (SSSR count). The molecule has 0 saturated carbocycles. The summed E-state index contributed by atoms with van der Waals surface area (Å²) in [5, 5.41) is 0. The van der Waals surface area contributed by atoms with Crippen LogP contribution in [0.15, 0.2) is 79.6 Å². The molecule has 2 aliphatic rings. The van der Waals surface area contributed by atoms with Crippen LogP contribution in [0.5, 0.6) is 5.75 Å². The largest absolute Gasteiger partial charge is 0.497 e. The molecule has 2 heterocycles. The number of ether oxygens (including phenoxy) is 3. The molecule has 33 heavy (non-hydrogen) atoms. The number of rotatable bonds is 7. The van der Waals surface area contributed by atoms with Crippen molar-refractivity contribution in [2.24, 2.45) is 5.92 Å². The van der Waals surface area contributed by atoms with E-state index in [1.54, 1.807) is 19.3 Å². The van der Waals surface area contributed by atoms with E-state index < -0.39 is 17.5 Å². The van der Waals surface area contributed by atoms with Crippen molar-refractivity contribution in [3.63, 3.8) is 0 Å². The summed E-state index contributed by atoms with van der Waals surface area (Å²) >= 11 is 2.28. The summed E-state index contributed by atoms with van der Waals surface area (Å²) in [5.74, 6) is -0.218. The lowest BCUT2D eigenvalue weighted by molar-refractivity contribution is -0.135. The van der Waals surface area contributed by atoms with E-state index >= 15 is 0 Å². The van der Waals surface area contributed by atoms with Crippen molar-refractivity contribution in [2.45, 2.75) is 35.0 Å². The van der Waals surface area contributed by atoms with E-state index in [1.165, 1.54) is 13.2 Å². The number of carbonyl (C=O) groups excluding carboxylic acids is 2. The topological polar surface area (TPSA) is 65.1 Å². The van der Waals surface area contributed by atoms with Crippen LogP contribution in [0, 0.1) is 5.92 Å². The third-order valence-corrected chi connectivity index (χ3v) is 7.64. The Morgan fingerprint density at radius 1 is 1.21 bits per heavy atom. The molecule has 0 aliphatic carbocycles. The highest BCUT2D eigenvalue weighted by Crippen LogP contribution is 2.53. The predicted octanol–water partition coefficient (Wildman–Crippen LogP) is 4.47. The molecule has 2 fully saturated rings. The zero-order valence-electron chi connectivity index (χ0n) is 18.5. The van der Waals surface area contributed by atoms with Crippen LogP contribution in [-0.4, -0.2) is 40.7 Å². The van der Waals surface area contributed by atoms with Gasteiger partial charge < -0.3 is 19.1 Å². The Balaban J connectivity index is 1.84. The van der Waals surface area contributed by atoms with E-state index in [9.17, 15) is 9.59 Å². The lowest BCUT2D eigenvalue weighted by Gasteiger charge is -2.35. The van der Waals surface area contributed by atoms with Gasteiger partial charge in [0.25, 0.3) is 0 Å². The number of carbonyl (C=O) groups is 2. The number of hydrogen-bond acceptors (Lipinski definition) is 5. The Bertz CT molecular complexity index is 1050. The van der Waals surface area contributed by atoms with Crippen LogP contribution < -0.4 is 9.64 Å². The standard InChI is InChI=1S/C26H26INO5/c1-4-21-24(27)23-25(30)28(19-10-12-20(31-3)13-11-19)22(16-18-8-6-5-7-9-18)26(23,33-21)14-15-32-17(2)29/h4-15,21-24H,1,16H2,2-3H3/b15-14+/t21-,22-,23+,24-,26-/m1/s1. The normalized spacial score (nSPS) is 28.7. The van der Waals surface area contributed by atoms with Gasteiger partial charge in [-0.15, -0.1) is 6.58 Å². The van der Waals surface area contributed by atoms with Crippen LogP contribution in [0.4, 0.5) is 5.69 Å². The number of fused-ring (bicyclic) bond motifs is 1. The molecule has 2 saturated heterocycles. The van der Waals surface area contributed by atoms with Crippen molar-refractivity contribution in [1.29, 1.82) is 0 Å². The summed E-state index contributed by atoms with van der Waals surface area (Å²) in [6, 6.07) is 17.1. The number of anilines is 1. The fourth-order valence-corrected chi connectivity index (χ4v) is 6.05. The number of benzene rings is 2. The lowest BCUT2D eigenvalue weighted by Crippen LogP contribution is -2.48. The van der Waals surface area contributed by atoms with Crippen molar-refractivity contribution < 1.29 is 23.8 Å². The molecule has 0 bridgehead atoms. The molecule has 0 spiro atoms. The van der Waals surface area contributed by atoms with Gasteiger partial charge in [0, 0.05) is 12.6 Å². The number of alkyl halides is 1. The van der Waals surface area contributed by atoms with Gasteiger partial charge in [0.15, 0.2) is 0 Å². The molecule has 0 aromatic heterocycles. The maximum atomic E-state index is 14.0. The molecular formula is C26H26INO5. The molecule has 0 N–H and O–H groups in total. The maximum absolute atomic E-state index is 14.0. The molecule has 1 amide bonds.